The van der Waals surface area contributed by atoms with E-state index >= 15 is 0 Å². The average molecular weight is 358 g/mol. The molecule has 0 aliphatic carbocycles. The van der Waals surface area contributed by atoms with E-state index in [2.05, 4.69) is 21.3 Å². The predicted octanol–water partition coefficient (Wildman–Crippen LogP) is 1.71. The van der Waals surface area contributed by atoms with Crippen molar-refractivity contribution in [1.29, 1.82) is 0 Å². The summed E-state index contributed by atoms with van der Waals surface area (Å²) in [5.41, 5.74) is 3.11. The first-order valence-corrected chi connectivity index (χ1v) is 8.89. The van der Waals surface area contributed by atoms with Crippen molar-refractivity contribution in [3.05, 3.63) is 52.9 Å². The number of rotatable bonds is 5. The molecule has 0 bridgehead atoms. The van der Waals surface area contributed by atoms with Gasteiger partial charge in [-0.25, -0.2) is 13.1 Å². The highest BCUT2D eigenvalue weighted by Gasteiger charge is 2.22. The number of benzene rings is 1. The van der Waals surface area contributed by atoms with Gasteiger partial charge in [0.05, 0.1) is 5.69 Å². The highest BCUT2D eigenvalue weighted by molar-refractivity contribution is 7.88. The van der Waals surface area contributed by atoms with Crippen molar-refractivity contribution in [3.63, 3.8) is 0 Å². The number of nitrogens with zero attached hydrogens (tertiary/aromatic N) is 1. The van der Waals surface area contributed by atoms with Crippen LogP contribution in [0.2, 0.25) is 0 Å². The molecule has 0 amide bonds. The van der Waals surface area contributed by atoms with Crippen LogP contribution in [-0.2, 0) is 22.2 Å². The minimum absolute atomic E-state index is 0. The Kier molecular flexibility index (Phi) is 5.80. The van der Waals surface area contributed by atoms with Gasteiger partial charge >= 0.3 is 0 Å². The van der Waals surface area contributed by atoms with E-state index in [1.807, 2.05) is 18.2 Å². The van der Waals surface area contributed by atoms with Gasteiger partial charge in [-0.15, -0.1) is 12.4 Å². The van der Waals surface area contributed by atoms with E-state index in [1.54, 1.807) is 13.0 Å². The lowest BCUT2D eigenvalue weighted by atomic mass is 9.95. The van der Waals surface area contributed by atoms with E-state index in [-0.39, 0.29) is 24.2 Å². The Morgan fingerprint density at radius 1 is 1.39 bits per heavy atom. The van der Waals surface area contributed by atoms with Crippen LogP contribution in [0, 0.1) is 6.92 Å². The van der Waals surface area contributed by atoms with Gasteiger partial charge in [0.15, 0.2) is 5.76 Å². The second-order valence-corrected chi connectivity index (χ2v) is 7.30. The van der Waals surface area contributed by atoms with E-state index in [0.717, 1.165) is 18.5 Å². The van der Waals surface area contributed by atoms with Gasteiger partial charge in [0, 0.05) is 18.7 Å². The Balaban J connectivity index is 0.00000192. The number of halogens is 1. The van der Waals surface area contributed by atoms with Crippen LogP contribution in [0.1, 0.15) is 28.6 Å². The lowest BCUT2D eigenvalue weighted by Crippen LogP contribution is -2.39. The van der Waals surface area contributed by atoms with Crippen LogP contribution in [0.15, 0.2) is 34.9 Å². The zero-order valence-electron chi connectivity index (χ0n) is 12.8. The highest BCUT2D eigenvalue weighted by atomic mass is 35.5. The fraction of sp³-hybridized carbons (Fsp3) is 0.400. The van der Waals surface area contributed by atoms with Crippen LogP contribution in [-0.4, -0.2) is 26.7 Å². The lowest BCUT2D eigenvalue weighted by molar-refractivity contribution is 0.388. The smallest absolute Gasteiger partial charge is 0.219 e. The summed E-state index contributed by atoms with van der Waals surface area (Å²) in [6.45, 7) is 2.94. The summed E-state index contributed by atoms with van der Waals surface area (Å²) in [5.74, 6) is 0.157. The standard InChI is InChI=1S/C15H19N3O3S.ClH/c1-11-8-13(21-18-11)10-22(19,20)17-9-15-14-5-3-2-4-12(14)6-7-16-15;/h2-5,8,15-17H,6-7,9-10H2,1H3;1H. The van der Waals surface area contributed by atoms with E-state index in [0.29, 0.717) is 18.0 Å². The summed E-state index contributed by atoms with van der Waals surface area (Å²) >= 11 is 0. The molecule has 1 aromatic heterocycles. The first kappa shape index (κ1) is 17.9. The monoisotopic (exact) mass is 357 g/mol. The number of hydrogen-bond acceptors (Lipinski definition) is 5. The zero-order valence-corrected chi connectivity index (χ0v) is 14.4. The van der Waals surface area contributed by atoms with Crippen LogP contribution in [0.25, 0.3) is 0 Å². The predicted molar refractivity (Wildman–Crippen MR) is 90.0 cm³/mol. The van der Waals surface area contributed by atoms with Gasteiger partial charge in [0.2, 0.25) is 10.0 Å². The number of sulfonamides is 1. The molecule has 2 heterocycles. The largest absolute Gasteiger partial charge is 0.360 e. The van der Waals surface area contributed by atoms with Crippen molar-refractivity contribution in [1.82, 2.24) is 15.2 Å². The first-order chi connectivity index (χ1) is 10.5. The molecule has 23 heavy (non-hydrogen) atoms. The molecule has 1 aliphatic heterocycles. The average Bonchev–Trinajstić information content (AvgIpc) is 2.89. The van der Waals surface area contributed by atoms with Gasteiger partial charge in [-0.05, 0) is 31.0 Å². The van der Waals surface area contributed by atoms with Crippen LogP contribution in [0.3, 0.4) is 0 Å². The maximum Gasteiger partial charge on any atom is 0.219 e. The second-order valence-electron chi connectivity index (χ2n) is 5.50. The highest BCUT2D eigenvalue weighted by Crippen LogP contribution is 2.22. The number of aryl methyl sites for hydroxylation is 1. The van der Waals surface area contributed by atoms with Gasteiger partial charge in [0.25, 0.3) is 0 Å². The van der Waals surface area contributed by atoms with Gasteiger partial charge in [-0.1, -0.05) is 29.4 Å². The first-order valence-electron chi connectivity index (χ1n) is 7.24. The molecule has 0 saturated heterocycles. The molecule has 1 aliphatic rings. The summed E-state index contributed by atoms with van der Waals surface area (Å²) in [6.07, 6.45) is 0.969. The number of hydrogen-bond donors (Lipinski definition) is 2. The number of fused-ring (bicyclic) bond motifs is 1. The molecule has 0 saturated carbocycles. The molecule has 8 heteroatoms. The summed E-state index contributed by atoms with van der Waals surface area (Å²) in [6, 6.07) is 9.75. The minimum Gasteiger partial charge on any atom is -0.360 e. The summed E-state index contributed by atoms with van der Waals surface area (Å²) in [5, 5.41) is 7.05. The van der Waals surface area contributed by atoms with E-state index in [9.17, 15) is 8.42 Å². The molecule has 6 nitrogen and oxygen atoms in total. The van der Waals surface area contributed by atoms with Gasteiger partial charge in [-0.2, -0.15) is 0 Å². The van der Waals surface area contributed by atoms with Crippen LogP contribution in [0.4, 0.5) is 0 Å². The van der Waals surface area contributed by atoms with Crippen molar-refractivity contribution in [3.8, 4) is 0 Å². The third-order valence-corrected chi connectivity index (χ3v) is 5.00. The van der Waals surface area contributed by atoms with Crippen molar-refractivity contribution < 1.29 is 12.9 Å². The fourth-order valence-corrected chi connectivity index (χ4v) is 3.74. The Morgan fingerprint density at radius 3 is 2.91 bits per heavy atom. The molecule has 1 atom stereocenters. The van der Waals surface area contributed by atoms with Crippen LogP contribution >= 0.6 is 12.4 Å². The molecule has 2 N–H and O–H groups in total. The number of aromatic nitrogens is 1. The summed E-state index contributed by atoms with van der Waals surface area (Å²) in [4.78, 5) is 0. The van der Waals surface area contributed by atoms with Gasteiger partial charge in [0.1, 0.15) is 5.75 Å². The Bertz CT molecular complexity index is 761. The maximum atomic E-state index is 12.1. The number of nitrogens with one attached hydrogen (secondary N) is 2. The molecule has 126 valence electrons. The quantitative estimate of drug-likeness (QED) is 0.851. The maximum absolute atomic E-state index is 12.1. The molecule has 0 fully saturated rings. The molecule has 0 spiro atoms. The van der Waals surface area contributed by atoms with E-state index in [1.165, 1.54) is 5.56 Å². The molecule has 0 radical (unpaired) electrons. The second kappa shape index (κ2) is 7.44. The summed E-state index contributed by atoms with van der Waals surface area (Å²) in [7, 11) is -3.45. The van der Waals surface area contributed by atoms with Crippen molar-refractivity contribution >= 4 is 22.4 Å². The molecule has 1 aromatic carbocycles. The molecular weight excluding hydrogens is 338 g/mol. The zero-order chi connectivity index (χ0) is 15.6. The van der Waals surface area contributed by atoms with Crippen molar-refractivity contribution in [2.75, 3.05) is 13.1 Å². The molecule has 1 unspecified atom stereocenters. The normalized spacial score (nSPS) is 17.3. The van der Waals surface area contributed by atoms with E-state index in [4.69, 9.17) is 4.52 Å². The van der Waals surface area contributed by atoms with E-state index < -0.39 is 10.0 Å². The lowest BCUT2D eigenvalue weighted by Gasteiger charge is -2.27. The minimum atomic E-state index is -3.45. The van der Waals surface area contributed by atoms with Crippen molar-refractivity contribution in [2.24, 2.45) is 0 Å². The molecular formula is C15H20ClN3O3S. The van der Waals surface area contributed by atoms with Crippen LogP contribution in [0.5, 0.6) is 0 Å². The van der Waals surface area contributed by atoms with Gasteiger partial charge < -0.3 is 9.84 Å². The molecule has 2 aromatic rings. The Morgan fingerprint density at radius 2 is 2.17 bits per heavy atom. The Labute approximate surface area is 142 Å². The Hall–Kier alpha value is -1.41. The van der Waals surface area contributed by atoms with Crippen molar-refractivity contribution in [2.45, 2.75) is 25.1 Å². The third kappa shape index (κ3) is 4.54. The van der Waals surface area contributed by atoms with Crippen LogP contribution < -0.4 is 10.0 Å². The topological polar surface area (TPSA) is 84.2 Å². The van der Waals surface area contributed by atoms with Gasteiger partial charge in [-0.3, -0.25) is 0 Å². The summed E-state index contributed by atoms with van der Waals surface area (Å²) < 4.78 is 31.9. The SMILES string of the molecule is Cc1cc(CS(=O)(=O)NCC2NCCc3ccccc32)on1.Cl. The molecule has 3 rings (SSSR count). The fourth-order valence-electron chi connectivity index (χ4n) is 2.71. The third-order valence-electron chi connectivity index (χ3n) is 3.73.